The van der Waals surface area contributed by atoms with Gasteiger partial charge in [-0.25, -0.2) is 10.3 Å². The van der Waals surface area contributed by atoms with Crippen LogP contribution < -0.4 is 5.48 Å². The van der Waals surface area contributed by atoms with Crippen LogP contribution in [0.4, 0.5) is 0 Å². The highest BCUT2D eigenvalue weighted by Crippen LogP contribution is 1.74. The van der Waals surface area contributed by atoms with Crippen molar-refractivity contribution in [3.8, 4) is 0 Å². The van der Waals surface area contributed by atoms with Crippen LogP contribution in [-0.2, 0) is 14.4 Å². The topological polar surface area (TPSA) is 47.6 Å². The second-order valence-electron chi connectivity index (χ2n) is 1.43. The van der Waals surface area contributed by atoms with Crippen LogP contribution in [0, 0.1) is 0 Å². The van der Waals surface area contributed by atoms with E-state index in [0.29, 0.717) is 6.42 Å². The molecule has 0 aliphatic heterocycles. The minimum atomic E-state index is -0.146. The molecule has 0 saturated heterocycles. The van der Waals surface area contributed by atoms with Gasteiger partial charge in [0.25, 0.3) is 0 Å². The lowest BCUT2D eigenvalue weighted by atomic mass is 10.5. The van der Waals surface area contributed by atoms with Gasteiger partial charge >= 0.3 is 0 Å². The zero-order chi connectivity index (χ0) is 7.11. The molecule has 1 amide bonds. The molecule has 4 heteroatoms. The number of hydrogen-bond acceptors (Lipinski definition) is 3. The van der Waals surface area contributed by atoms with E-state index in [2.05, 4.69) is 15.1 Å². The van der Waals surface area contributed by atoms with Gasteiger partial charge in [0.05, 0.1) is 0 Å². The summed E-state index contributed by atoms with van der Waals surface area (Å²) in [5.41, 5.74) is 2.17. The maximum absolute atomic E-state index is 10.4. The number of methoxy groups -OCH3 is 1. The summed E-state index contributed by atoms with van der Waals surface area (Å²) in [5, 5.41) is 0. The molecule has 0 radical (unpaired) electrons. The number of rotatable bonds is 4. The molecule has 0 fully saturated rings. The van der Waals surface area contributed by atoms with Crippen molar-refractivity contribution >= 4 is 5.91 Å². The molecule has 1 N–H and O–H groups in total. The molecular formula is C5H11NO3. The van der Waals surface area contributed by atoms with Gasteiger partial charge in [-0.1, -0.05) is 6.92 Å². The molecule has 0 aliphatic carbocycles. The number of amides is 1. The Balaban J connectivity index is 2.97. The number of hydroxylamine groups is 1. The molecular weight excluding hydrogens is 122 g/mol. The third-order valence-corrected chi connectivity index (χ3v) is 0.684. The zero-order valence-electron chi connectivity index (χ0n) is 5.64. The molecule has 0 spiro atoms. The van der Waals surface area contributed by atoms with Gasteiger partial charge in [-0.2, -0.15) is 0 Å². The number of carbonyl (C=O) groups is 1. The Morgan fingerprint density at radius 3 is 2.78 bits per heavy atom. The summed E-state index contributed by atoms with van der Waals surface area (Å²) in [7, 11) is 1.48. The van der Waals surface area contributed by atoms with Gasteiger partial charge in [-0.05, 0) is 0 Å². The molecule has 0 rings (SSSR count). The van der Waals surface area contributed by atoms with Crippen molar-refractivity contribution in [1.82, 2.24) is 5.48 Å². The quantitative estimate of drug-likeness (QED) is 0.335. The summed E-state index contributed by atoms with van der Waals surface area (Å²) in [6.07, 6.45) is 0.420. The average molecular weight is 133 g/mol. The standard InChI is InChI=1S/C5H11NO3/c1-3-5(7)6-9-4-8-2/h3-4H2,1-2H3,(H,6,7). The third kappa shape index (κ3) is 5.26. The van der Waals surface area contributed by atoms with Gasteiger partial charge in [0, 0.05) is 13.5 Å². The number of hydrogen-bond donors (Lipinski definition) is 1. The summed E-state index contributed by atoms with van der Waals surface area (Å²) >= 11 is 0. The van der Waals surface area contributed by atoms with E-state index >= 15 is 0 Å². The highest BCUT2D eigenvalue weighted by molar-refractivity contribution is 5.74. The molecule has 0 unspecified atom stereocenters. The lowest BCUT2D eigenvalue weighted by molar-refractivity contribution is -0.144. The van der Waals surface area contributed by atoms with Crippen molar-refractivity contribution in [3.05, 3.63) is 0 Å². The molecule has 0 aromatic rings. The number of carbonyl (C=O) groups excluding carboxylic acids is 1. The van der Waals surface area contributed by atoms with E-state index in [4.69, 9.17) is 0 Å². The SMILES string of the molecule is CCC(=O)NOCOC. The number of ether oxygens (including phenoxy) is 1. The van der Waals surface area contributed by atoms with Gasteiger partial charge in [0.15, 0.2) is 6.79 Å². The van der Waals surface area contributed by atoms with Gasteiger partial charge in [0.1, 0.15) is 0 Å². The van der Waals surface area contributed by atoms with E-state index in [1.165, 1.54) is 7.11 Å². The van der Waals surface area contributed by atoms with Crippen LogP contribution in [-0.4, -0.2) is 19.8 Å². The Kier molecular flexibility index (Phi) is 5.15. The van der Waals surface area contributed by atoms with Crippen LogP contribution in [0.25, 0.3) is 0 Å². The van der Waals surface area contributed by atoms with Gasteiger partial charge in [0.2, 0.25) is 5.91 Å². The Labute approximate surface area is 54.1 Å². The van der Waals surface area contributed by atoms with Crippen LogP contribution in [0.1, 0.15) is 13.3 Å². The monoisotopic (exact) mass is 133 g/mol. The summed E-state index contributed by atoms with van der Waals surface area (Å²) in [4.78, 5) is 14.9. The van der Waals surface area contributed by atoms with E-state index in [1.54, 1.807) is 6.92 Å². The maximum atomic E-state index is 10.4. The molecule has 0 aliphatic rings. The molecule has 0 aromatic heterocycles. The summed E-state index contributed by atoms with van der Waals surface area (Å²) in [5.74, 6) is -0.146. The fourth-order valence-electron chi connectivity index (χ4n) is 0.241. The van der Waals surface area contributed by atoms with Crippen LogP contribution in [0.3, 0.4) is 0 Å². The van der Waals surface area contributed by atoms with Gasteiger partial charge in [-0.15, -0.1) is 0 Å². The Morgan fingerprint density at radius 2 is 2.33 bits per heavy atom. The molecule has 4 nitrogen and oxygen atoms in total. The zero-order valence-corrected chi connectivity index (χ0v) is 5.64. The fourth-order valence-corrected chi connectivity index (χ4v) is 0.241. The summed E-state index contributed by atoms with van der Waals surface area (Å²) < 4.78 is 4.50. The van der Waals surface area contributed by atoms with E-state index in [-0.39, 0.29) is 12.7 Å². The van der Waals surface area contributed by atoms with E-state index in [1.807, 2.05) is 0 Å². The highest BCUT2D eigenvalue weighted by Gasteiger charge is 1.92. The minimum Gasteiger partial charge on any atom is -0.356 e. The lowest BCUT2D eigenvalue weighted by Gasteiger charge is -2.00. The molecule has 0 saturated carbocycles. The van der Waals surface area contributed by atoms with Crippen molar-refractivity contribution in [2.45, 2.75) is 13.3 Å². The second-order valence-corrected chi connectivity index (χ2v) is 1.43. The molecule has 9 heavy (non-hydrogen) atoms. The normalized spacial score (nSPS) is 9.11. The Bertz CT molecular complexity index is 84.3. The van der Waals surface area contributed by atoms with Gasteiger partial charge < -0.3 is 4.74 Å². The molecule has 0 bridgehead atoms. The molecule has 0 atom stereocenters. The predicted molar refractivity (Wildman–Crippen MR) is 31.4 cm³/mol. The Hall–Kier alpha value is -0.610. The largest absolute Gasteiger partial charge is 0.356 e. The highest BCUT2D eigenvalue weighted by atomic mass is 16.8. The fraction of sp³-hybridized carbons (Fsp3) is 0.800. The minimum absolute atomic E-state index is 0.0890. The first-order chi connectivity index (χ1) is 4.31. The molecule has 0 heterocycles. The smallest absolute Gasteiger partial charge is 0.243 e. The van der Waals surface area contributed by atoms with Crippen LogP contribution in [0.2, 0.25) is 0 Å². The molecule has 0 aromatic carbocycles. The lowest BCUT2D eigenvalue weighted by Crippen LogP contribution is -2.23. The van der Waals surface area contributed by atoms with Crippen molar-refractivity contribution in [1.29, 1.82) is 0 Å². The average Bonchev–Trinajstić information content (AvgIpc) is 1.89. The van der Waals surface area contributed by atoms with Crippen molar-refractivity contribution < 1.29 is 14.4 Å². The van der Waals surface area contributed by atoms with Crippen LogP contribution >= 0.6 is 0 Å². The van der Waals surface area contributed by atoms with E-state index < -0.39 is 0 Å². The number of nitrogens with one attached hydrogen (secondary N) is 1. The second kappa shape index (κ2) is 5.53. The van der Waals surface area contributed by atoms with Crippen molar-refractivity contribution in [3.63, 3.8) is 0 Å². The predicted octanol–water partition coefficient (Wildman–Crippen LogP) is 0.0481. The third-order valence-electron chi connectivity index (χ3n) is 0.684. The van der Waals surface area contributed by atoms with Gasteiger partial charge in [-0.3, -0.25) is 4.79 Å². The van der Waals surface area contributed by atoms with Crippen LogP contribution in [0.15, 0.2) is 0 Å². The van der Waals surface area contributed by atoms with E-state index in [9.17, 15) is 4.79 Å². The summed E-state index contributed by atoms with van der Waals surface area (Å²) in [6.45, 7) is 1.83. The van der Waals surface area contributed by atoms with E-state index in [0.717, 1.165) is 0 Å². The first-order valence-electron chi connectivity index (χ1n) is 2.70. The Morgan fingerprint density at radius 1 is 1.67 bits per heavy atom. The van der Waals surface area contributed by atoms with Crippen molar-refractivity contribution in [2.75, 3.05) is 13.9 Å². The van der Waals surface area contributed by atoms with Crippen molar-refractivity contribution in [2.24, 2.45) is 0 Å². The van der Waals surface area contributed by atoms with Crippen LogP contribution in [0.5, 0.6) is 0 Å². The first-order valence-corrected chi connectivity index (χ1v) is 2.70. The summed E-state index contributed by atoms with van der Waals surface area (Å²) in [6, 6.07) is 0. The first kappa shape index (κ1) is 8.39. The maximum Gasteiger partial charge on any atom is 0.243 e. The molecule has 54 valence electrons.